The van der Waals surface area contributed by atoms with Crippen molar-refractivity contribution >= 4 is 86.9 Å². The molecule has 3 fully saturated rings. The first-order valence-corrected chi connectivity index (χ1v) is 16.8. The second-order valence-electron chi connectivity index (χ2n) is 13.2. The van der Waals surface area contributed by atoms with E-state index in [4.69, 9.17) is 34.8 Å². The zero-order valence-corrected chi connectivity index (χ0v) is 29.2. The van der Waals surface area contributed by atoms with Crippen LogP contribution >= 0.6 is 34.8 Å². The summed E-state index contributed by atoms with van der Waals surface area (Å²) in [5, 5.41) is 34.3. The molecule has 268 valence electrons. The number of imide groups is 2. The number of alkyl halides is 2. The minimum atomic E-state index is -2.29. The molecule has 2 aliphatic carbocycles. The predicted octanol–water partition coefficient (Wildman–Crippen LogP) is 5.84. The van der Waals surface area contributed by atoms with Gasteiger partial charge in [-0.2, -0.15) is 0 Å². The molecule has 6 atom stereocenters. The van der Waals surface area contributed by atoms with Gasteiger partial charge in [-0.3, -0.25) is 39.4 Å². The summed E-state index contributed by atoms with van der Waals surface area (Å²) in [6, 6.07) is 10.2. The van der Waals surface area contributed by atoms with E-state index in [9.17, 15) is 48.9 Å². The molecule has 2 heterocycles. The Bertz CT molecular complexity index is 2170. The number of nitro groups is 2. The normalized spacial score (nSPS) is 28.0. The molecule has 1 saturated carbocycles. The molecule has 3 aromatic rings. The van der Waals surface area contributed by atoms with E-state index in [0.717, 1.165) is 29.2 Å². The van der Waals surface area contributed by atoms with Gasteiger partial charge in [-0.25, -0.2) is 14.2 Å². The molecular weight excluding hydrogens is 748 g/mol. The number of allylic oxidation sites excluding steroid dienone is 2. The number of nitro benzene ring substituents is 2. The van der Waals surface area contributed by atoms with Crippen LogP contribution in [0.5, 0.6) is 5.75 Å². The number of phenols is 1. The molecule has 4 amide bonds. The van der Waals surface area contributed by atoms with E-state index >= 15 is 0 Å². The molecule has 1 N–H and O–H groups in total. The number of aromatic hydroxyl groups is 1. The summed E-state index contributed by atoms with van der Waals surface area (Å²) < 4.78 is 13.9. The Balaban J connectivity index is 1.39. The Kier molecular flexibility index (Phi) is 8.12. The Morgan fingerprint density at radius 3 is 2.04 bits per heavy atom. The SMILES string of the molecule is CN(C)c1c([N+](=O)[O-])cc(N2C(=O)C3CC=C4C(CC5(Cl)C(=O)N(c6ccc(F)cc6)C(=O)C5(Cl)C4c4ccc(O)cc4Cl)C3C2=O)cc1[N+](=O)[O-]. The van der Waals surface area contributed by atoms with Gasteiger partial charge in [0.05, 0.1) is 33.1 Å². The fraction of sp³-hybridized carbons (Fsp3) is 0.294. The van der Waals surface area contributed by atoms with Gasteiger partial charge in [-0.15, -0.1) is 23.2 Å². The van der Waals surface area contributed by atoms with Gasteiger partial charge >= 0.3 is 11.4 Å². The molecule has 6 unspecified atom stereocenters. The van der Waals surface area contributed by atoms with Crippen molar-refractivity contribution in [3.8, 4) is 5.75 Å². The number of hydrogen-bond acceptors (Lipinski definition) is 10. The maximum atomic E-state index is 14.5. The van der Waals surface area contributed by atoms with Crippen LogP contribution in [-0.4, -0.2) is 62.4 Å². The van der Waals surface area contributed by atoms with Gasteiger partial charge in [0.1, 0.15) is 11.6 Å². The Hall–Kier alpha value is -5.12. The fourth-order valence-electron chi connectivity index (χ4n) is 8.20. The highest BCUT2D eigenvalue weighted by atomic mass is 35.5. The third-order valence-corrected chi connectivity index (χ3v) is 12.1. The number of fused-ring (bicyclic) bond motifs is 4. The third kappa shape index (κ3) is 4.75. The van der Waals surface area contributed by atoms with Crippen molar-refractivity contribution in [1.82, 2.24) is 0 Å². The first-order valence-electron chi connectivity index (χ1n) is 15.7. The van der Waals surface area contributed by atoms with Gasteiger partial charge in [0, 0.05) is 37.2 Å². The molecule has 2 aliphatic heterocycles. The number of halogens is 4. The minimum absolute atomic E-state index is 0.0288. The third-order valence-electron chi connectivity index (χ3n) is 10.3. The summed E-state index contributed by atoms with van der Waals surface area (Å²) in [5.74, 6) is -9.14. The lowest BCUT2D eigenvalue weighted by molar-refractivity contribution is -0.392. The Labute approximate surface area is 308 Å². The molecule has 18 heteroatoms. The van der Waals surface area contributed by atoms with Crippen molar-refractivity contribution < 1.29 is 38.5 Å². The maximum Gasteiger partial charge on any atom is 0.301 e. The van der Waals surface area contributed by atoms with Crippen molar-refractivity contribution in [2.45, 2.75) is 28.5 Å². The standard InChI is InChI=1S/C34H25Cl3FN5O9/c1-39(2)28-24(42(49)50)11-17(12-25(28)43(51)52)40-29(45)21-10-9-19-22(26(21)30(40)46)14-33(36)31(47)41(16-5-3-15(38)4-6-16)32(48)34(33,37)27(19)20-8-7-18(44)13-23(20)35/h3-9,11-13,21-22,26-27,44H,10,14H2,1-2H3. The summed E-state index contributed by atoms with van der Waals surface area (Å²) in [6.07, 6.45) is 1.09. The number of carbonyl (C=O) groups is 4. The molecule has 7 rings (SSSR count). The molecule has 0 bridgehead atoms. The molecule has 52 heavy (non-hydrogen) atoms. The second-order valence-corrected chi connectivity index (χ2v) is 14.9. The quantitative estimate of drug-likeness (QED) is 0.105. The van der Waals surface area contributed by atoms with Gasteiger partial charge < -0.3 is 10.0 Å². The lowest BCUT2D eigenvalue weighted by Crippen LogP contribution is -2.60. The molecule has 0 spiro atoms. The highest BCUT2D eigenvalue weighted by molar-refractivity contribution is 6.58. The highest BCUT2D eigenvalue weighted by Gasteiger charge is 2.77. The highest BCUT2D eigenvalue weighted by Crippen LogP contribution is 2.66. The Morgan fingerprint density at radius 2 is 1.48 bits per heavy atom. The van der Waals surface area contributed by atoms with Crippen LogP contribution in [0.15, 0.2) is 66.2 Å². The number of nitrogens with zero attached hydrogens (tertiary/aromatic N) is 5. The van der Waals surface area contributed by atoms with Gasteiger partial charge in [-0.1, -0.05) is 29.3 Å². The van der Waals surface area contributed by atoms with E-state index in [2.05, 4.69) is 0 Å². The number of anilines is 3. The van der Waals surface area contributed by atoms with Gasteiger partial charge in [-0.05, 0) is 60.7 Å². The monoisotopic (exact) mass is 771 g/mol. The number of hydrogen-bond donors (Lipinski definition) is 1. The first-order chi connectivity index (χ1) is 24.4. The lowest BCUT2D eigenvalue weighted by atomic mass is 9.56. The summed E-state index contributed by atoms with van der Waals surface area (Å²) in [6.45, 7) is 0. The first kappa shape index (κ1) is 35.3. The average Bonchev–Trinajstić information content (AvgIpc) is 3.42. The largest absolute Gasteiger partial charge is 0.508 e. The number of phenolic OH excluding ortho intramolecular Hbond substituents is 1. The number of carbonyl (C=O) groups excluding carboxylic acids is 4. The fourth-order valence-corrected chi connectivity index (χ4v) is 9.41. The van der Waals surface area contributed by atoms with E-state index in [-0.39, 0.29) is 34.1 Å². The summed E-state index contributed by atoms with van der Waals surface area (Å²) >= 11 is 21.3. The molecule has 0 aromatic heterocycles. The van der Waals surface area contributed by atoms with Crippen molar-refractivity contribution in [2.75, 3.05) is 28.8 Å². The van der Waals surface area contributed by atoms with Crippen molar-refractivity contribution in [2.24, 2.45) is 17.8 Å². The zero-order valence-electron chi connectivity index (χ0n) is 27.0. The molecule has 4 aliphatic rings. The average molecular weight is 773 g/mol. The number of rotatable bonds is 6. The molecule has 2 saturated heterocycles. The van der Waals surface area contributed by atoms with Gasteiger partial charge in [0.25, 0.3) is 11.8 Å². The summed E-state index contributed by atoms with van der Waals surface area (Å²) in [5.41, 5.74) is -1.68. The van der Waals surface area contributed by atoms with Crippen LogP contribution in [0, 0.1) is 43.8 Å². The van der Waals surface area contributed by atoms with E-state index in [1.807, 2.05) is 0 Å². The molecule has 0 radical (unpaired) electrons. The van der Waals surface area contributed by atoms with E-state index in [1.54, 1.807) is 6.08 Å². The van der Waals surface area contributed by atoms with E-state index in [0.29, 0.717) is 10.5 Å². The van der Waals surface area contributed by atoms with E-state index in [1.165, 1.54) is 49.3 Å². The number of amides is 4. The second kappa shape index (κ2) is 12.0. The molecular formula is C34H25Cl3FN5O9. The Morgan fingerprint density at radius 1 is 0.865 bits per heavy atom. The van der Waals surface area contributed by atoms with Crippen LogP contribution in [0.25, 0.3) is 0 Å². The van der Waals surface area contributed by atoms with Crippen LogP contribution < -0.4 is 14.7 Å². The van der Waals surface area contributed by atoms with E-state index < -0.39 is 96.2 Å². The van der Waals surface area contributed by atoms with Crippen LogP contribution in [-0.2, 0) is 19.2 Å². The van der Waals surface area contributed by atoms with Crippen LogP contribution in [0.1, 0.15) is 24.3 Å². The summed E-state index contributed by atoms with van der Waals surface area (Å²) in [4.78, 5) is 77.9. The van der Waals surface area contributed by atoms with Gasteiger partial charge in [0.2, 0.25) is 11.8 Å². The van der Waals surface area contributed by atoms with Crippen LogP contribution in [0.2, 0.25) is 5.02 Å². The van der Waals surface area contributed by atoms with Crippen molar-refractivity contribution in [1.29, 1.82) is 0 Å². The van der Waals surface area contributed by atoms with Crippen molar-refractivity contribution in [3.05, 3.63) is 103 Å². The molecule has 14 nitrogen and oxygen atoms in total. The zero-order chi connectivity index (χ0) is 37.8. The minimum Gasteiger partial charge on any atom is -0.508 e. The van der Waals surface area contributed by atoms with Crippen LogP contribution in [0.3, 0.4) is 0 Å². The van der Waals surface area contributed by atoms with Crippen molar-refractivity contribution in [3.63, 3.8) is 0 Å². The summed E-state index contributed by atoms with van der Waals surface area (Å²) in [7, 11) is 2.74. The topological polar surface area (TPSA) is 185 Å². The maximum absolute atomic E-state index is 14.5. The molecule has 3 aromatic carbocycles. The smallest absolute Gasteiger partial charge is 0.301 e. The van der Waals surface area contributed by atoms with Gasteiger partial charge in [0.15, 0.2) is 15.4 Å². The lowest BCUT2D eigenvalue weighted by Gasteiger charge is -2.50. The number of benzene rings is 3. The predicted molar refractivity (Wildman–Crippen MR) is 186 cm³/mol. The van der Waals surface area contributed by atoms with Crippen LogP contribution in [0.4, 0.5) is 32.8 Å².